The van der Waals surface area contributed by atoms with Crippen molar-refractivity contribution in [1.29, 1.82) is 5.41 Å². The molecule has 0 fully saturated rings. The summed E-state index contributed by atoms with van der Waals surface area (Å²) in [6, 6.07) is 9.14. The molecular weight excluding hydrogens is 400 g/mol. The Hall–Kier alpha value is -1.53. The zero-order chi connectivity index (χ0) is 15.6. The topological polar surface area (TPSA) is 68.3 Å². The molecule has 0 radical (unpaired) electrons. The van der Waals surface area contributed by atoms with E-state index in [0.29, 0.717) is 22.8 Å². The van der Waals surface area contributed by atoms with Gasteiger partial charge >= 0.3 is 0 Å². The predicted octanol–water partition coefficient (Wildman–Crippen LogP) is 4.60. The van der Waals surface area contributed by atoms with Crippen molar-refractivity contribution >= 4 is 37.7 Å². The van der Waals surface area contributed by atoms with Crippen molar-refractivity contribution < 1.29 is 9.47 Å². The Labute approximate surface area is 140 Å². The smallest absolute Gasteiger partial charge is 0.143 e. The van der Waals surface area contributed by atoms with Crippen LogP contribution in [0.4, 0.5) is 0 Å². The van der Waals surface area contributed by atoms with Crippen LogP contribution in [-0.2, 0) is 0 Å². The first kappa shape index (κ1) is 15.9. The number of nitrogens with two attached hydrogens (primary N) is 1. The lowest BCUT2D eigenvalue weighted by Gasteiger charge is -2.14. The van der Waals surface area contributed by atoms with Crippen molar-refractivity contribution in [2.24, 2.45) is 5.73 Å². The van der Waals surface area contributed by atoms with Gasteiger partial charge in [0.2, 0.25) is 0 Å². The first-order valence-electron chi connectivity index (χ1n) is 6.08. The van der Waals surface area contributed by atoms with E-state index in [0.717, 1.165) is 14.5 Å². The minimum absolute atomic E-state index is 0.0302. The largest absolute Gasteiger partial charge is 0.496 e. The molecule has 2 aromatic carbocycles. The van der Waals surface area contributed by atoms with Gasteiger partial charge < -0.3 is 15.2 Å². The molecule has 0 aromatic heterocycles. The van der Waals surface area contributed by atoms with Crippen molar-refractivity contribution in [3.05, 3.63) is 50.4 Å². The van der Waals surface area contributed by atoms with E-state index in [1.165, 1.54) is 0 Å². The Morgan fingerprint density at radius 3 is 2.29 bits per heavy atom. The van der Waals surface area contributed by atoms with Gasteiger partial charge in [-0.1, -0.05) is 11.6 Å². The quantitative estimate of drug-likeness (QED) is 0.568. The van der Waals surface area contributed by atoms with E-state index in [2.05, 4.69) is 31.9 Å². The Kier molecular flexibility index (Phi) is 4.90. The van der Waals surface area contributed by atoms with Crippen LogP contribution in [0.15, 0.2) is 39.3 Å². The summed E-state index contributed by atoms with van der Waals surface area (Å²) in [5.41, 5.74) is 7.19. The molecule has 0 atom stereocenters. The van der Waals surface area contributed by atoms with Crippen LogP contribution in [0.3, 0.4) is 0 Å². The van der Waals surface area contributed by atoms with Crippen molar-refractivity contribution in [2.45, 2.75) is 6.92 Å². The van der Waals surface area contributed by atoms with Gasteiger partial charge in [-0.2, -0.15) is 0 Å². The lowest BCUT2D eigenvalue weighted by molar-refractivity contribution is 0.409. The summed E-state index contributed by atoms with van der Waals surface area (Å²) in [5, 5.41) is 7.66. The van der Waals surface area contributed by atoms with Crippen LogP contribution in [0, 0.1) is 12.3 Å². The molecule has 0 amide bonds. The average molecular weight is 414 g/mol. The number of rotatable bonds is 4. The predicted molar refractivity (Wildman–Crippen MR) is 90.7 cm³/mol. The van der Waals surface area contributed by atoms with Gasteiger partial charge in [0, 0.05) is 0 Å². The fourth-order valence-corrected chi connectivity index (χ4v) is 2.69. The van der Waals surface area contributed by atoms with E-state index in [4.69, 9.17) is 20.6 Å². The van der Waals surface area contributed by atoms with Crippen LogP contribution in [-0.4, -0.2) is 12.9 Å². The van der Waals surface area contributed by atoms with Crippen molar-refractivity contribution in [1.82, 2.24) is 0 Å². The van der Waals surface area contributed by atoms with Gasteiger partial charge in [0.25, 0.3) is 0 Å². The van der Waals surface area contributed by atoms with E-state index >= 15 is 0 Å². The molecule has 2 rings (SSSR count). The molecule has 0 unspecified atom stereocenters. The molecule has 21 heavy (non-hydrogen) atoms. The van der Waals surface area contributed by atoms with E-state index in [1.807, 2.05) is 19.1 Å². The Morgan fingerprint density at radius 2 is 1.67 bits per heavy atom. The molecule has 0 aliphatic carbocycles. The van der Waals surface area contributed by atoms with Crippen LogP contribution in [0.2, 0.25) is 0 Å². The summed E-state index contributed by atoms with van der Waals surface area (Å²) in [5.74, 6) is 1.81. The Bertz CT molecular complexity index is 702. The minimum Gasteiger partial charge on any atom is -0.496 e. The Balaban J connectivity index is 2.43. The number of nitrogen functional groups attached to an aromatic ring is 1. The molecule has 4 nitrogen and oxygen atoms in total. The SMILES string of the molecule is COc1cc(Br)c(Oc2ccc(C)cc2C(=N)N)cc1Br. The van der Waals surface area contributed by atoms with Gasteiger partial charge in [0.1, 0.15) is 23.1 Å². The van der Waals surface area contributed by atoms with Crippen LogP contribution in [0.1, 0.15) is 11.1 Å². The van der Waals surface area contributed by atoms with Crippen LogP contribution in [0.25, 0.3) is 0 Å². The minimum atomic E-state index is -0.0302. The summed E-state index contributed by atoms with van der Waals surface area (Å²) >= 11 is 6.87. The van der Waals surface area contributed by atoms with Crippen LogP contribution >= 0.6 is 31.9 Å². The summed E-state index contributed by atoms with van der Waals surface area (Å²) in [4.78, 5) is 0. The number of amidine groups is 1. The number of nitrogens with one attached hydrogen (secondary N) is 1. The van der Waals surface area contributed by atoms with E-state index in [9.17, 15) is 0 Å². The monoisotopic (exact) mass is 412 g/mol. The third-order valence-corrected chi connectivity index (χ3v) is 4.09. The summed E-state index contributed by atoms with van der Waals surface area (Å²) < 4.78 is 12.6. The average Bonchev–Trinajstić information content (AvgIpc) is 2.44. The number of hydrogen-bond donors (Lipinski definition) is 2. The third kappa shape index (κ3) is 3.57. The van der Waals surface area contributed by atoms with Gasteiger partial charge in [-0.05, 0) is 63.0 Å². The molecule has 0 saturated heterocycles. The highest BCUT2D eigenvalue weighted by molar-refractivity contribution is 9.11. The molecule has 3 N–H and O–H groups in total. The second-order valence-corrected chi connectivity index (χ2v) is 6.14. The molecule has 0 heterocycles. The van der Waals surface area contributed by atoms with E-state index in [-0.39, 0.29) is 5.84 Å². The fraction of sp³-hybridized carbons (Fsp3) is 0.133. The first-order valence-corrected chi connectivity index (χ1v) is 7.67. The van der Waals surface area contributed by atoms with E-state index < -0.39 is 0 Å². The lowest BCUT2D eigenvalue weighted by atomic mass is 10.1. The van der Waals surface area contributed by atoms with Crippen molar-refractivity contribution in [3.8, 4) is 17.2 Å². The van der Waals surface area contributed by atoms with Crippen molar-refractivity contribution in [3.63, 3.8) is 0 Å². The number of benzene rings is 2. The molecular formula is C15H14Br2N2O2. The highest BCUT2D eigenvalue weighted by Crippen LogP contribution is 2.38. The molecule has 110 valence electrons. The van der Waals surface area contributed by atoms with Gasteiger partial charge in [-0.25, -0.2) is 0 Å². The summed E-state index contributed by atoms with van der Waals surface area (Å²) in [6.07, 6.45) is 0. The molecule has 0 bridgehead atoms. The summed E-state index contributed by atoms with van der Waals surface area (Å²) in [6.45, 7) is 1.94. The first-order chi connectivity index (χ1) is 9.92. The highest BCUT2D eigenvalue weighted by Gasteiger charge is 2.13. The van der Waals surface area contributed by atoms with Crippen molar-refractivity contribution in [2.75, 3.05) is 7.11 Å². The zero-order valence-electron chi connectivity index (χ0n) is 11.5. The van der Waals surface area contributed by atoms with Gasteiger partial charge in [-0.15, -0.1) is 0 Å². The number of hydrogen-bond acceptors (Lipinski definition) is 3. The third-order valence-electron chi connectivity index (χ3n) is 2.85. The molecule has 0 aliphatic rings. The van der Waals surface area contributed by atoms with Gasteiger partial charge in [-0.3, -0.25) is 5.41 Å². The number of ether oxygens (including phenoxy) is 2. The van der Waals surface area contributed by atoms with Gasteiger partial charge in [0.05, 0.1) is 21.6 Å². The standard InChI is InChI=1S/C15H14Br2N2O2/c1-8-3-4-12(9(5-8)15(18)19)21-14-7-10(16)13(20-2)6-11(14)17/h3-7H,1-2H3,(H3,18,19). The number of halogens is 2. The summed E-state index contributed by atoms with van der Waals surface area (Å²) in [7, 11) is 1.60. The second-order valence-electron chi connectivity index (χ2n) is 4.43. The molecule has 6 heteroatoms. The van der Waals surface area contributed by atoms with Crippen LogP contribution in [0.5, 0.6) is 17.2 Å². The maximum Gasteiger partial charge on any atom is 0.143 e. The van der Waals surface area contributed by atoms with Crippen LogP contribution < -0.4 is 15.2 Å². The number of aryl methyl sites for hydroxylation is 1. The molecule has 2 aromatic rings. The van der Waals surface area contributed by atoms with Gasteiger partial charge in [0.15, 0.2) is 0 Å². The zero-order valence-corrected chi connectivity index (χ0v) is 14.7. The Morgan fingerprint density at radius 1 is 1.05 bits per heavy atom. The number of methoxy groups -OCH3 is 1. The fourth-order valence-electron chi connectivity index (χ4n) is 1.81. The molecule has 0 saturated carbocycles. The highest BCUT2D eigenvalue weighted by atomic mass is 79.9. The maximum atomic E-state index is 7.66. The van der Waals surface area contributed by atoms with E-state index in [1.54, 1.807) is 25.3 Å². The molecule has 0 aliphatic heterocycles. The maximum absolute atomic E-state index is 7.66. The normalized spacial score (nSPS) is 10.3. The lowest BCUT2D eigenvalue weighted by Crippen LogP contribution is -2.12. The molecule has 0 spiro atoms. The second kappa shape index (κ2) is 6.49.